The smallest absolute Gasteiger partial charge is 0.255 e. The minimum Gasteiger partial charge on any atom is -0.322 e. The van der Waals surface area contributed by atoms with Gasteiger partial charge in [-0.1, -0.05) is 36.0 Å². The van der Waals surface area contributed by atoms with Crippen molar-refractivity contribution >= 4 is 44.0 Å². The summed E-state index contributed by atoms with van der Waals surface area (Å²) in [7, 11) is 0. The Morgan fingerprint density at radius 1 is 1.24 bits per heavy atom. The van der Waals surface area contributed by atoms with E-state index in [1.807, 2.05) is 56.3 Å². The van der Waals surface area contributed by atoms with Gasteiger partial charge in [0.25, 0.3) is 5.91 Å². The highest BCUT2D eigenvalue weighted by molar-refractivity contribution is 7.22. The van der Waals surface area contributed by atoms with Gasteiger partial charge in [-0.25, -0.2) is 4.98 Å². The molecule has 25 heavy (non-hydrogen) atoms. The Labute approximate surface area is 150 Å². The highest BCUT2D eigenvalue weighted by Gasteiger charge is 2.08. The van der Waals surface area contributed by atoms with Crippen LogP contribution in [0.3, 0.4) is 0 Å². The molecule has 1 amide bonds. The highest BCUT2D eigenvalue weighted by atomic mass is 32.1. The topological polar surface area (TPSA) is 66.4 Å². The number of hydrogen-bond acceptors (Lipinski definition) is 5. The molecule has 0 aliphatic heterocycles. The third kappa shape index (κ3) is 4.22. The highest BCUT2D eigenvalue weighted by Crippen LogP contribution is 2.28. The van der Waals surface area contributed by atoms with E-state index in [-0.39, 0.29) is 5.91 Å². The lowest BCUT2D eigenvalue weighted by molar-refractivity contribution is 0.102. The number of amides is 1. The summed E-state index contributed by atoms with van der Waals surface area (Å²) < 4.78 is 0.994. The Hall–Kier alpha value is -2.73. The van der Waals surface area contributed by atoms with Crippen molar-refractivity contribution in [2.75, 3.05) is 10.7 Å². The Morgan fingerprint density at radius 3 is 2.84 bits per heavy atom. The van der Waals surface area contributed by atoms with Crippen molar-refractivity contribution in [3.63, 3.8) is 0 Å². The molecule has 0 spiro atoms. The van der Waals surface area contributed by atoms with Crippen LogP contribution in [0.1, 0.15) is 36.2 Å². The molecule has 0 saturated heterocycles. The van der Waals surface area contributed by atoms with E-state index >= 15 is 0 Å². The summed E-state index contributed by atoms with van der Waals surface area (Å²) in [5.74, 6) is -0.117. The molecule has 0 saturated carbocycles. The van der Waals surface area contributed by atoms with E-state index < -0.39 is 0 Å². The van der Waals surface area contributed by atoms with E-state index in [2.05, 4.69) is 27.8 Å². The normalized spacial score (nSPS) is 11.6. The summed E-state index contributed by atoms with van der Waals surface area (Å²) >= 11 is 1.51. The van der Waals surface area contributed by atoms with Gasteiger partial charge in [0.05, 0.1) is 10.2 Å². The van der Waals surface area contributed by atoms with E-state index in [0.717, 1.165) is 38.7 Å². The fraction of sp³-hybridized carbons (Fsp3) is 0.211. The second-order valence-corrected chi connectivity index (χ2v) is 6.87. The Balaban J connectivity index is 1.78. The molecule has 3 aromatic rings. The van der Waals surface area contributed by atoms with Gasteiger partial charge in [0.2, 0.25) is 5.13 Å². The molecule has 0 aliphatic rings. The second kappa shape index (κ2) is 7.44. The van der Waals surface area contributed by atoms with Crippen molar-refractivity contribution in [1.82, 2.24) is 4.98 Å². The third-order valence-corrected chi connectivity index (χ3v) is 4.70. The zero-order chi connectivity index (χ0) is 17.8. The lowest BCUT2D eigenvalue weighted by Crippen LogP contribution is -2.11. The first kappa shape index (κ1) is 17.1. The average molecular weight is 352 g/mol. The maximum absolute atomic E-state index is 12.4. The van der Waals surface area contributed by atoms with Gasteiger partial charge in [-0.15, -0.1) is 0 Å². The standard InChI is InChI=1S/C19H20N4OS/c1-4-13(3)22-23-19-21-16-9-8-15(11-17(16)25-19)20-18(24)14-7-5-6-12(2)10-14/h5-11H,4H2,1-3H3,(H,20,24)(H,21,23)/b22-13+. The van der Waals surface area contributed by atoms with Crippen molar-refractivity contribution < 1.29 is 4.79 Å². The lowest BCUT2D eigenvalue weighted by Gasteiger charge is -2.05. The largest absolute Gasteiger partial charge is 0.322 e. The number of aromatic nitrogens is 1. The van der Waals surface area contributed by atoms with Gasteiger partial charge in [-0.3, -0.25) is 10.2 Å². The minimum absolute atomic E-state index is 0.117. The Bertz CT molecular complexity index is 946. The van der Waals surface area contributed by atoms with Crippen LogP contribution in [0.15, 0.2) is 47.6 Å². The van der Waals surface area contributed by atoms with Crippen molar-refractivity contribution in [3.8, 4) is 0 Å². The summed E-state index contributed by atoms with van der Waals surface area (Å²) in [5.41, 5.74) is 7.34. The van der Waals surface area contributed by atoms with Crippen LogP contribution in [-0.2, 0) is 0 Å². The minimum atomic E-state index is -0.117. The van der Waals surface area contributed by atoms with E-state index in [9.17, 15) is 4.79 Å². The number of carbonyl (C=O) groups excluding carboxylic acids is 1. The number of fused-ring (bicyclic) bond motifs is 1. The molecule has 5 nitrogen and oxygen atoms in total. The molecule has 0 fully saturated rings. The van der Waals surface area contributed by atoms with Gasteiger partial charge < -0.3 is 5.32 Å². The van der Waals surface area contributed by atoms with Crippen molar-refractivity contribution in [2.24, 2.45) is 5.10 Å². The number of hydrazone groups is 1. The first-order valence-corrected chi connectivity index (χ1v) is 8.94. The number of nitrogens with one attached hydrogen (secondary N) is 2. The molecule has 6 heteroatoms. The molecule has 3 rings (SSSR count). The second-order valence-electron chi connectivity index (χ2n) is 5.84. The maximum atomic E-state index is 12.4. The monoisotopic (exact) mass is 352 g/mol. The van der Waals surface area contributed by atoms with Gasteiger partial charge in [0, 0.05) is 17.0 Å². The molecule has 1 heterocycles. The SMILES string of the molecule is CC/C(C)=N/Nc1nc2ccc(NC(=O)c3cccc(C)c3)cc2s1. The van der Waals surface area contributed by atoms with E-state index in [1.165, 1.54) is 11.3 Å². The summed E-state index contributed by atoms with van der Waals surface area (Å²) in [5, 5.41) is 7.95. The first-order valence-electron chi connectivity index (χ1n) is 8.13. The fourth-order valence-corrected chi connectivity index (χ4v) is 3.11. The lowest BCUT2D eigenvalue weighted by atomic mass is 10.1. The predicted octanol–water partition coefficient (Wildman–Crippen LogP) is 5.05. The zero-order valence-electron chi connectivity index (χ0n) is 14.5. The molecule has 2 aromatic carbocycles. The molecule has 0 aliphatic carbocycles. The molecule has 128 valence electrons. The van der Waals surface area contributed by atoms with E-state index in [1.54, 1.807) is 0 Å². The number of benzene rings is 2. The van der Waals surface area contributed by atoms with Gasteiger partial charge in [-0.2, -0.15) is 5.10 Å². The van der Waals surface area contributed by atoms with Crippen molar-refractivity contribution in [3.05, 3.63) is 53.6 Å². The molecule has 1 aromatic heterocycles. The number of rotatable bonds is 5. The van der Waals surface area contributed by atoms with Crippen LogP contribution in [0.5, 0.6) is 0 Å². The number of nitrogens with zero attached hydrogens (tertiary/aromatic N) is 2. The number of hydrogen-bond donors (Lipinski definition) is 2. The molecular weight excluding hydrogens is 332 g/mol. The van der Waals surface area contributed by atoms with Crippen molar-refractivity contribution in [2.45, 2.75) is 27.2 Å². The van der Waals surface area contributed by atoms with Gasteiger partial charge >= 0.3 is 0 Å². The average Bonchev–Trinajstić information content (AvgIpc) is 3.01. The maximum Gasteiger partial charge on any atom is 0.255 e. The van der Waals surface area contributed by atoms with Gasteiger partial charge in [-0.05, 0) is 50.6 Å². The fourth-order valence-electron chi connectivity index (χ4n) is 2.26. The van der Waals surface area contributed by atoms with Crippen LogP contribution in [0, 0.1) is 6.92 Å². The van der Waals surface area contributed by atoms with E-state index in [4.69, 9.17) is 0 Å². The van der Waals surface area contributed by atoms with Crippen LogP contribution < -0.4 is 10.7 Å². The number of thiazole rings is 1. The first-order chi connectivity index (χ1) is 12.0. The zero-order valence-corrected chi connectivity index (χ0v) is 15.3. The van der Waals surface area contributed by atoms with Crippen LogP contribution in [-0.4, -0.2) is 16.6 Å². The van der Waals surface area contributed by atoms with Crippen LogP contribution >= 0.6 is 11.3 Å². The number of carbonyl (C=O) groups is 1. The Morgan fingerprint density at radius 2 is 2.08 bits per heavy atom. The molecule has 0 atom stereocenters. The van der Waals surface area contributed by atoms with Gasteiger partial charge in [0.15, 0.2) is 0 Å². The molecule has 0 bridgehead atoms. The van der Waals surface area contributed by atoms with Crippen LogP contribution in [0.4, 0.5) is 10.8 Å². The quantitative estimate of drug-likeness (QED) is 0.498. The summed E-state index contributed by atoms with van der Waals surface area (Å²) in [6, 6.07) is 13.2. The van der Waals surface area contributed by atoms with E-state index in [0.29, 0.717) is 5.56 Å². The number of aryl methyl sites for hydroxylation is 1. The van der Waals surface area contributed by atoms with Crippen LogP contribution in [0.2, 0.25) is 0 Å². The van der Waals surface area contributed by atoms with Gasteiger partial charge in [0.1, 0.15) is 0 Å². The summed E-state index contributed by atoms with van der Waals surface area (Å²) in [6.45, 7) is 6.00. The molecular formula is C19H20N4OS. The Kier molecular flexibility index (Phi) is 5.09. The molecule has 0 unspecified atom stereocenters. The molecule has 2 N–H and O–H groups in total. The van der Waals surface area contributed by atoms with Crippen molar-refractivity contribution in [1.29, 1.82) is 0 Å². The third-order valence-electron chi connectivity index (χ3n) is 3.78. The number of anilines is 2. The summed E-state index contributed by atoms with van der Waals surface area (Å²) in [4.78, 5) is 16.9. The van der Waals surface area contributed by atoms with Crippen LogP contribution in [0.25, 0.3) is 10.2 Å². The molecule has 0 radical (unpaired) electrons. The predicted molar refractivity (Wildman–Crippen MR) is 106 cm³/mol. The summed E-state index contributed by atoms with van der Waals surface area (Å²) in [6.07, 6.45) is 0.896.